The molecule has 17 heteroatoms. The van der Waals surface area contributed by atoms with Crippen LogP contribution < -0.4 is 16.4 Å². The summed E-state index contributed by atoms with van der Waals surface area (Å²) in [7, 11) is 0. The predicted octanol–water partition coefficient (Wildman–Crippen LogP) is 7.49. The first kappa shape index (κ1) is 34.1. The van der Waals surface area contributed by atoms with E-state index in [0.29, 0.717) is 0 Å². The molecule has 0 bridgehead atoms. The lowest BCUT2D eigenvalue weighted by molar-refractivity contribution is -0.144. The van der Waals surface area contributed by atoms with E-state index in [4.69, 9.17) is 4.74 Å². The smallest absolute Gasteiger partial charge is 0.381 e. The van der Waals surface area contributed by atoms with Gasteiger partial charge in [0.2, 0.25) is 6.71 Å². The number of hydrogen-bond acceptors (Lipinski definition) is 1. The topological polar surface area (TPSA) is 9.23 Å². The molecular formula is C26H16BF15O. The van der Waals surface area contributed by atoms with E-state index in [-0.39, 0.29) is 36.4 Å². The Kier molecular flexibility index (Phi) is 9.78. The minimum atomic E-state index is -5.54. The van der Waals surface area contributed by atoms with Gasteiger partial charge in [0.25, 0.3) is 0 Å². The lowest BCUT2D eigenvalue weighted by Crippen LogP contribution is -2.55. The Balaban J connectivity index is 0.000000915. The van der Waals surface area contributed by atoms with Crippen molar-refractivity contribution in [1.82, 2.24) is 0 Å². The molecule has 0 amide bonds. The Labute approximate surface area is 233 Å². The summed E-state index contributed by atoms with van der Waals surface area (Å²) in [5.74, 6) is -5.63. The van der Waals surface area contributed by atoms with E-state index in [2.05, 4.69) is 0 Å². The molecule has 0 N–H and O–H groups in total. The predicted molar refractivity (Wildman–Crippen MR) is 124 cm³/mol. The van der Waals surface area contributed by atoms with Crippen LogP contribution in [-0.2, 0) is 29.4 Å². The lowest BCUT2D eigenvalue weighted by atomic mass is 9.36. The number of halogens is 15. The molecule has 1 heterocycles. The van der Waals surface area contributed by atoms with Crippen molar-refractivity contribution < 1.29 is 70.6 Å². The molecule has 3 aromatic carbocycles. The number of ether oxygens (including phenoxy) is 1. The van der Waals surface area contributed by atoms with Crippen LogP contribution >= 0.6 is 0 Å². The summed E-state index contributed by atoms with van der Waals surface area (Å²) < 4.78 is 209. The number of hydrogen-bond donors (Lipinski definition) is 0. The van der Waals surface area contributed by atoms with Crippen LogP contribution in [0.4, 0.5) is 65.9 Å². The van der Waals surface area contributed by atoms with Gasteiger partial charge in [-0.1, -0.05) is 35.2 Å². The molecule has 1 nitrogen and oxygen atoms in total. The molecule has 0 aromatic heterocycles. The second kappa shape index (κ2) is 12.3. The molecule has 0 spiro atoms. The van der Waals surface area contributed by atoms with Gasteiger partial charge in [-0.05, 0) is 25.0 Å². The van der Waals surface area contributed by atoms with Gasteiger partial charge >= 0.3 is 24.7 Å². The fourth-order valence-corrected chi connectivity index (χ4v) is 4.16. The Hall–Kier alpha value is -3.37. The maximum absolute atomic E-state index is 14.7. The average molecular weight is 640 g/mol. The standard InChI is InChI=1S/C22H8BF15.C4H8O/c24-15-7-16(25)18(17(26)8-15)23(13-3-9(19(27,28)29)1-10(4-13)20(30,31)32)14-5-11(21(33,34)35)2-12(6-14)22(36,37)38;1-2-4-5-3-1/h1-8H;1-4H2. The molecule has 4 rings (SSSR count). The summed E-state index contributed by atoms with van der Waals surface area (Å²) in [5, 5.41) is 0. The summed E-state index contributed by atoms with van der Waals surface area (Å²) in [6.07, 6.45) is -19.6. The molecule has 1 aliphatic rings. The zero-order chi connectivity index (χ0) is 32.5. The van der Waals surface area contributed by atoms with Crippen LogP contribution in [0.15, 0.2) is 48.5 Å². The number of rotatable bonds is 3. The minimum absolute atomic E-state index is 0.0953. The first-order chi connectivity index (χ1) is 19.6. The number of benzene rings is 3. The molecule has 0 atom stereocenters. The highest BCUT2D eigenvalue weighted by Gasteiger charge is 2.42. The third-order valence-electron chi connectivity index (χ3n) is 6.05. The molecule has 234 valence electrons. The summed E-state index contributed by atoms with van der Waals surface area (Å²) in [6.45, 7) is -0.748. The van der Waals surface area contributed by atoms with E-state index in [1.54, 1.807) is 0 Å². The maximum atomic E-state index is 14.7. The van der Waals surface area contributed by atoms with Crippen molar-refractivity contribution in [2.45, 2.75) is 37.5 Å². The fourth-order valence-electron chi connectivity index (χ4n) is 4.16. The monoisotopic (exact) mass is 640 g/mol. The van der Waals surface area contributed by atoms with Gasteiger partial charge in [0.05, 0.1) is 22.3 Å². The van der Waals surface area contributed by atoms with Crippen molar-refractivity contribution in [3.63, 3.8) is 0 Å². The van der Waals surface area contributed by atoms with Crippen LogP contribution in [0.3, 0.4) is 0 Å². The van der Waals surface area contributed by atoms with Gasteiger partial charge in [0, 0.05) is 30.8 Å². The molecule has 0 saturated carbocycles. The minimum Gasteiger partial charge on any atom is -0.381 e. The van der Waals surface area contributed by atoms with Crippen molar-refractivity contribution in [1.29, 1.82) is 0 Å². The fraction of sp³-hybridized carbons (Fsp3) is 0.308. The van der Waals surface area contributed by atoms with Gasteiger partial charge in [-0.3, -0.25) is 0 Å². The molecule has 3 aromatic rings. The van der Waals surface area contributed by atoms with Crippen molar-refractivity contribution in [2.24, 2.45) is 0 Å². The highest BCUT2D eigenvalue weighted by molar-refractivity contribution is 6.95. The second-order valence-corrected chi connectivity index (χ2v) is 9.21. The zero-order valence-corrected chi connectivity index (χ0v) is 21.1. The largest absolute Gasteiger partial charge is 0.416 e. The Morgan fingerprint density at radius 2 is 0.767 bits per heavy atom. The van der Waals surface area contributed by atoms with Crippen LogP contribution in [0, 0.1) is 17.5 Å². The van der Waals surface area contributed by atoms with Gasteiger partial charge in [0.15, 0.2) is 0 Å². The van der Waals surface area contributed by atoms with E-state index >= 15 is 0 Å². The molecule has 0 radical (unpaired) electrons. The van der Waals surface area contributed by atoms with E-state index < -0.39 is 99.6 Å². The van der Waals surface area contributed by atoms with E-state index in [1.165, 1.54) is 12.8 Å². The Morgan fingerprint density at radius 1 is 0.465 bits per heavy atom. The summed E-state index contributed by atoms with van der Waals surface area (Å²) in [5.41, 5.74) is -12.6. The third kappa shape index (κ3) is 8.60. The third-order valence-corrected chi connectivity index (χ3v) is 6.05. The van der Waals surface area contributed by atoms with Crippen LogP contribution in [-0.4, -0.2) is 19.9 Å². The maximum Gasteiger partial charge on any atom is 0.416 e. The van der Waals surface area contributed by atoms with Crippen LogP contribution in [0.2, 0.25) is 0 Å². The summed E-state index contributed by atoms with van der Waals surface area (Å²) in [6, 6.07) is -1.48. The quantitative estimate of drug-likeness (QED) is 0.213. The molecular weight excluding hydrogens is 624 g/mol. The molecule has 43 heavy (non-hydrogen) atoms. The van der Waals surface area contributed by atoms with Gasteiger partial charge < -0.3 is 4.74 Å². The Bertz CT molecular complexity index is 1260. The van der Waals surface area contributed by atoms with Gasteiger partial charge in [-0.2, -0.15) is 52.7 Å². The van der Waals surface area contributed by atoms with Crippen LogP contribution in [0.1, 0.15) is 35.1 Å². The van der Waals surface area contributed by atoms with Gasteiger partial charge in [-0.15, -0.1) is 0 Å². The second-order valence-electron chi connectivity index (χ2n) is 9.21. The Morgan fingerprint density at radius 3 is 1.00 bits per heavy atom. The van der Waals surface area contributed by atoms with E-state index in [1.807, 2.05) is 0 Å². The molecule has 0 aliphatic carbocycles. The normalized spacial score (nSPS) is 14.4. The SMILES string of the molecule is C1CCOC1.Fc1cc(F)c(B(c2cc(C(F)(F)F)cc(C(F)(F)F)c2)c2cc(C(F)(F)F)cc(C(F)(F)F)c2)c(F)c1. The van der Waals surface area contributed by atoms with Crippen molar-refractivity contribution in [3.8, 4) is 0 Å². The highest BCUT2D eigenvalue weighted by Crippen LogP contribution is 2.36. The van der Waals surface area contributed by atoms with E-state index in [9.17, 15) is 65.9 Å². The molecule has 1 saturated heterocycles. The van der Waals surface area contributed by atoms with Crippen molar-refractivity contribution >= 4 is 23.1 Å². The van der Waals surface area contributed by atoms with Gasteiger partial charge in [0.1, 0.15) is 17.5 Å². The van der Waals surface area contributed by atoms with E-state index in [0.717, 1.165) is 13.2 Å². The lowest BCUT2D eigenvalue weighted by Gasteiger charge is -2.22. The van der Waals surface area contributed by atoms with Crippen LogP contribution in [0.5, 0.6) is 0 Å². The summed E-state index contributed by atoms with van der Waals surface area (Å²) >= 11 is 0. The molecule has 1 aliphatic heterocycles. The van der Waals surface area contributed by atoms with Crippen molar-refractivity contribution in [3.05, 3.63) is 88.2 Å². The first-order valence-electron chi connectivity index (χ1n) is 11.9. The average Bonchev–Trinajstić information content (AvgIpc) is 3.44. The van der Waals surface area contributed by atoms with Crippen molar-refractivity contribution in [2.75, 3.05) is 13.2 Å². The van der Waals surface area contributed by atoms with Crippen LogP contribution in [0.25, 0.3) is 0 Å². The summed E-state index contributed by atoms with van der Waals surface area (Å²) in [4.78, 5) is 0. The zero-order valence-electron chi connectivity index (χ0n) is 21.1. The van der Waals surface area contributed by atoms with Gasteiger partial charge in [-0.25, -0.2) is 13.2 Å². The number of alkyl halides is 12. The molecule has 1 fully saturated rings. The first-order valence-corrected chi connectivity index (χ1v) is 11.9. The highest BCUT2D eigenvalue weighted by atomic mass is 19.4. The molecule has 0 unspecified atom stereocenters.